The summed E-state index contributed by atoms with van der Waals surface area (Å²) in [5.41, 5.74) is 0.878. The standard InChI is InChI=1S/C19H21Cl2N3O5S/c1-28-19-15(21)3-2-4-16(19)22-12-18(25)23-13-5-6-14(20)17(11-13)30(26,27)24-7-9-29-10-8-24/h2-6,11,22H,7-10,12H2,1H3,(H,23,25). The molecule has 1 fully saturated rings. The lowest BCUT2D eigenvalue weighted by Crippen LogP contribution is -2.40. The van der Waals surface area contributed by atoms with Crippen LogP contribution in [0.25, 0.3) is 0 Å². The van der Waals surface area contributed by atoms with Crippen molar-refractivity contribution >= 4 is 50.5 Å². The van der Waals surface area contributed by atoms with Crippen LogP contribution in [0.3, 0.4) is 0 Å². The maximum absolute atomic E-state index is 12.9. The first kappa shape index (κ1) is 22.6. The van der Waals surface area contributed by atoms with E-state index in [-0.39, 0.29) is 35.5 Å². The number of hydrogen-bond acceptors (Lipinski definition) is 6. The molecule has 0 unspecified atom stereocenters. The maximum Gasteiger partial charge on any atom is 0.244 e. The Kier molecular flexibility index (Phi) is 7.43. The van der Waals surface area contributed by atoms with Gasteiger partial charge in [-0.3, -0.25) is 4.79 Å². The minimum atomic E-state index is -3.80. The summed E-state index contributed by atoms with van der Waals surface area (Å²) in [5.74, 6) is 0.0476. The Labute approximate surface area is 185 Å². The van der Waals surface area contributed by atoms with Crippen LogP contribution in [0.5, 0.6) is 5.75 Å². The van der Waals surface area contributed by atoms with Gasteiger partial charge in [-0.25, -0.2) is 8.42 Å². The topological polar surface area (TPSA) is 97.0 Å². The van der Waals surface area contributed by atoms with Gasteiger partial charge < -0.3 is 20.1 Å². The second-order valence-corrected chi connectivity index (χ2v) is 9.10. The number of carbonyl (C=O) groups is 1. The van der Waals surface area contributed by atoms with Crippen molar-refractivity contribution in [2.24, 2.45) is 0 Å². The molecule has 0 aliphatic carbocycles. The van der Waals surface area contributed by atoms with Gasteiger partial charge in [0.15, 0.2) is 5.75 Å². The molecule has 0 bridgehead atoms. The Morgan fingerprint density at radius 1 is 1.17 bits per heavy atom. The molecule has 2 aromatic carbocycles. The lowest BCUT2D eigenvalue weighted by Gasteiger charge is -2.26. The van der Waals surface area contributed by atoms with Crippen LogP contribution in [-0.2, 0) is 19.6 Å². The van der Waals surface area contributed by atoms with Gasteiger partial charge in [0.1, 0.15) is 4.90 Å². The van der Waals surface area contributed by atoms with Crippen LogP contribution < -0.4 is 15.4 Å². The van der Waals surface area contributed by atoms with E-state index < -0.39 is 10.0 Å². The fourth-order valence-corrected chi connectivity index (χ4v) is 5.10. The molecular weight excluding hydrogens is 453 g/mol. The largest absolute Gasteiger partial charge is 0.493 e. The molecule has 0 spiro atoms. The summed E-state index contributed by atoms with van der Waals surface area (Å²) in [6.45, 7) is 1.07. The molecule has 162 valence electrons. The number of morpholine rings is 1. The predicted molar refractivity (Wildman–Crippen MR) is 116 cm³/mol. The van der Waals surface area contributed by atoms with E-state index in [4.69, 9.17) is 32.7 Å². The number of nitrogens with one attached hydrogen (secondary N) is 2. The van der Waals surface area contributed by atoms with Crippen molar-refractivity contribution in [1.29, 1.82) is 0 Å². The van der Waals surface area contributed by atoms with E-state index >= 15 is 0 Å². The zero-order valence-electron chi connectivity index (χ0n) is 16.2. The highest BCUT2D eigenvalue weighted by molar-refractivity contribution is 7.89. The Hall–Kier alpha value is -2.04. The zero-order valence-corrected chi connectivity index (χ0v) is 18.5. The molecule has 1 aliphatic heterocycles. The molecule has 0 saturated carbocycles. The molecule has 2 N–H and O–H groups in total. The minimum Gasteiger partial charge on any atom is -0.493 e. The number of methoxy groups -OCH3 is 1. The van der Waals surface area contributed by atoms with E-state index in [2.05, 4.69) is 10.6 Å². The van der Waals surface area contributed by atoms with Gasteiger partial charge in [-0.2, -0.15) is 4.31 Å². The smallest absolute Gasteiger partial charge is 0.244 e. The van der Waals surface area contributed by atoms with Crippen molar-refractivity contribution in [3.63, 3.8) is 0 Å². The van der Waals surface area contributed by atoms with E-state index in [1.165, 1.54) is 23.5 Å². The van der Waals surface area contributed by atoms with Gasteiger partial charge in [0.25, 0.3) is 0 Å². The fourth-order valence-electron chi connectivity index (χ4n) is 2.94. The van der Waals surface area contributed by atoms with Crippen molar-refractivity contribution in [3.05, 3.63) is 46.4 Å². The molecule has 0 aromatic heterocycles. The van der Waals surface area contributed by atoms with Crippen LogP contribution in [0.4, 0.5) is 11.4 Å². The number of amides is 1. The van der Waals surface area contributed by atoms with Gasteiger partial charge >= 0.3 is 0 Å². The average Bonchev–Trinajstić information content (AvgIpc) is 2.74. The number of anilines is 2. The van der Waals surface area contributed by atoms with E-state index in [0.717, 1.165) is 0 Å². The molecule has 1 saturated heterocycles. The zero-order chi connectivity index (χ0) is 21.7. The number of hydrogen-bond donors (Lipinski definition) is 2. The molecule has 0 atom stereocenters. The lowest BCUT2D eigenvalue weighted by atomic mass is 10.3. The molecule has 1 aliphatic rings. The Balaban J connectivity index is 1.71. The number of benzene rings is 2. The van der Waals surface area contributed by atoms with Gasteiger partial charge in [-0.1, -0.05) is 29.3 Å². The van der Waals surface area contributed by atoms with Crippen LogP contribution in [0, 0.1) is 0 Å². The number of sulfonamides is 1. The second-order valence-electron chi connectivity index (χ2n) is 6.38. The molecule has 11 heteroatoms. The van der Waals surface area contributed by atoms with Crippen LogP contribution >= 0.6 is 23.2 Å². The van der Waals surface area contributed by atoms with E-state index in [9.17, 15) is 13.2 Å². The molecule has 2 aromatic rings. The lowest BCUT2D eigenvalue weighted by molar-refractivity contribution is -0.114. The van der Waals surface area contributed by atoms with Gasteiger partial charge in [0.2, 0.25) is 15.9 Å². The first-order chi connectivity index (χ1) is 14.3. The van der Waals surface area contributed by atoms with Crippen molar-refractivity contribution in [2.75, 3.05) is 50.6 Å². The van der Waals surface area contributed by atoms with Crippen LogP contribution in [-0.4, -0.2) is 58.6 Å². The maximum atomic E-state index is 12.9. The number of halogens is 2. The summed E-state index contributed by atoms with van der Waals surface area (Å²) in [7, 11) is -2.31. The van der Waals surface area contributed by atoms with E-state index in [0.29, 0.717) is 35.4 Å². The third-order valence-electron chi connectivity index (χ3n) is 4.41. The quantitative estimate of drug-likeness (QED) is 0.641. The van der Waals surface area contributed by atoms with Gasteiger partial charge in [0.05, 0.1) is 42.6 Å². The van der Waals surface area contributed by atoms with E-state index in [1.54, 1.807) is 24.3 Å². The van der Waals surface area contributed by atoms with E-state index in [1.807, 2.05) is 0 Å². The van der Waals surface area contributed by atoms with Crippen molar-refractivity contribution in [3.8, 4) is 5.75 Å². The van der Waals surface area contributed by atoms with Crippen molar-refractivity contribution in [2.45, 2.75) is 4.90 Å². The Morgan fingerprint density at radius 2 is 1.90 bits per heavy atom. The number of rotatable bonds is 7. The number of para-hydroxylation sites is 1. The van der Waals surface area contributed by atoms with Crippen LogP contribution in [0.2, 0.25) is 10.0 Å². The van der Waals surface area contributed by atoms with Crippen molar-refractivity contribution in [1.82, 2.24) is 4.31 Å². The Morgan fingerprint density at radius 3 is 2.60 bits per heavy atom. The highest BCUT2D eigenvalue weighted by Crippen LogP contribution is 2.32. The summed E-state index contributed by atoms with van der Waals surface area (Å²) < 4.78 is 37.5. The molecule has 0 radical (unpaired) electrons. The van der Waals surface area contributed by atoms with Crippen LogP contribution in [0.1, 0.15) is 0 Å². The first-order valence-electron chi connectivity index (χ1n) is 9.06. The molecule has 1 amide bonds. The summed E-state index contributed by atoms with van der Waals surface area (Å²) >= 11 is 12.2. The summed E-state index contributed by atoms with van der Waals surface area (Å²) in [6, 6.07) is 9.47. The first-order valence-corrected chi connectivity index (χ1v) is 11.3. The molecule has 3 rings (SSSR count). The second kappa shape index (κ2) is 9.84. The van der Waals surface area contributed by atoms with Gasteiger partial charge in [0, 0.05) is 18.8 Å². The SMILES string of the molecule is COc1c(Cl)cccc1NCC(=O)Nc1ccc(Cl)c(S(=O)(=O)N2CCOCC2)c1. The molecule has 8 nitrogen and oxygen atoms in total. The Bertz CT molecular complexity index is 1030. The number of carbonyl (C=O) groups excluding carboxylic acids is 1. The van der Waals surface area contributed by atoms with Crippen LogP contribution in [0.15, 0.2) is 41.3 Å². The average molecular weight is 474 g/mol. The summed E-state index contributed by atoms with van der Waals surface area (Å²) in [5, 5.41) is 6.11. The highest BCUT2D eigenvalue weighted by atomic mass is 35.5. The third-order valence-corrected chi connectivity index (χ3v) is 7.09. The third kappa shape index (κ3) is 5.16. The van der Waals surface area contributed by atoms with Gasteiger partial charge in [-0.15, -0.1) is 0 Å². The summed E-state index contributed by atoms with van der Waals surface area (Å²) in [4.78, 5) is 12.3. The minimum absolute atomic E-state index is 0.0617. The molecule has 30 heavy (non-hydrogen) atoms. The predicted octanol–water partition coefficient (Wildman–Crippen LogP) is 3.07. The number of ether oxygens (including phenoxy) is 2. The highest BCUT2D eigenvalue weighted by Gasteiger charge is 2.28. The molecular formula is C19H21Cl2N3O5S. The normalized spacial score (nSPS) is 14.9. The van der Waals surface area contributed by atoms with Gasteiger partial charge in [-0.05, 0) is 30.3 Å². The summed E-state index contributed by atoms with van der Waals surface area (Å²) in [6.07, 6.45) is 0. The fraction of sp³-hybridized carbons (Fsp3) is 0.316. The molecule has 1 heterocycles. The van der Waals surface area contributed by atoms with Crippen molar-refractivity contribution < 1.29 is 22.7 Å². The monoisotopic (exact) mass is 473 g/mol. The number of nitrogens with zero attached hydrogens (tertiary/aromatic N) is 1.